The second-order valence-electron chi connectivity index (χ2n) is 5.95. The van der Waals surface area contributed by atoms with Crippen molar-refractivity contribution in [1.29, 1.82) is 0 Å². The number of rotatable bonds is 3. The quantitative estimate of drug-likeness (QED) is 0.842. The Morgan fingerprint density at radius 1 is 1.33 bits per heavy atom. The van der Waals surface area contributed by atoms with Crippen LogP contribution in [0.15, 0.2) is 28.7 Å². The minimum absolute atomic E-state index is 0.0831. The van der Waals surface area contributed by atoms with Gasteiger partial charge in [-0.2, -0.15) is 0 Å². The van der Waals surface area contributed by atoms with Gasteiger partial charge in [-0.25, -0.2) is 0 Å². The summed E-state index contributed by atoms with van der Waals surface area (Å²) in [5.41, 5.74) is 1.13. The van der Waals surface area contributed by atoms with Gasteiger partial charge in [0.2, 0.25) is 0 Å². The van der Waals surface area contributed by atoms with E-state index in [1.807, 2.05) is 0 Å². The van der Waals surface area contributed by atoms with Crippen molar-refractivity contribution in [2.45, 2.75) is 24.9 Å². The van der Waals surface area contributed by atoms with Gasteiger partial charge in [0.25, 0.3) is 5.91 Å². The molecule has 2 fully saturated rings. The fraction of sp³-hybridized carbons (Fsp3) is 0.375. The van der Waals surface area contributed by atoms with Crippen LogP contribution in [0.4, 0.5) is 0 Å². The molecule has 4 rings (SSSR count). The summed E-state index contributed by atoms with van der Waals surface area (Å²) in [5.74, 6) is 0.892. The average Bonchev–Trinajstić information content (AvgIpc) is 3.20. The molecule has 3 unspecified atom stereocenters. The zero-order valence-corrected chi connectivity index (χ0v) is 11.5. The van der Waals surface area contributed by atoms with Crippen molar-refractivity contribution in [3.8, 4) is 0 Å². The number of fused-ring (bicyclic) bond motifs is 3. The molecule has 1 saturated heterocycles. The van der Waals surface area contributed by atoms with E-state index in [9.17, 15) is 9.59 Å². The van der Waals surface area contributed by atoms with E-state index in [1.165, 1.54) is 0 Å². The van der Waals surface area contributed by atoms with Crippen LogP contribution in [-0.4, -0.2) is 30.8 Å². The Bertz CT molecular complexity index is 721. The molecule has 2 heterocycles. The fourth-order valence-corrected chi connectivity index (χ4v) is 3.52. The first-order chi connectivity index (χ1) is 10.2. The van der Waals surface area contributed by atoms with E-state index in [2.05, 4.69) is 10.6 Å². The van der Waals surface area contributed by atoms with Crippen molar-refractivity contribution in [2.75, 3.05) is 6.54 Å². The molecule has 21 heavy (non-hydrogen) atoms. The van der Waals surface area contributed by atoms with Gasteiger partial charge in [-0.15, -0.1) is 0 Å². The van der Waals surface area contributed by atoms with Crippen molar-refractivity contribution in [2.24, 2.45) is 5.92 Å². The van der Waals surface area contributed by atoms with Crippen molar-refractivity contribution in [3.63, 3.8) is 0 Å². The summed E-state index contributed by atoms with van der Waals surface area (Å²) < 4.78 is 5.37. The molecule has 3 atom stereocenters. The number of aldehydes is 1. The number of carbonyl (C=O) groups excluding carboxylic acids is 2. The molecular formula is C16H16N2O3. The summed E-state index contributed by atoms with van der Waals surface area (Å²) >= 11 is 0. The van der Waals surface area contributed by atoms with Crippen LogP contribution in [0.25, 0.3) is 11.0 Å². The van der Waals surface area contributed by atoms with Gasteiger partial charge >= 0.3 is 0 Å². The van der Waals surface area contributed by atoms with Crippen LogP contribution in [0.3, 0.4) is 0 Å². The Hall–Kier alpha value is -2.14. The maximum atomic E-state index is 12.3. The van der Waals surface area contributed by atoms with E-state index in [0.29, 0.717) is 29.4 Å². The Morgan fingerprint density at radius 2 is 2.24 bits per heavy atom. The molecule has 0 spiro atoms. The first-order valence-corrected chi connectivity index (χ1v) is 7.26. The van der Waals surface area contributed by atoms with Gasteiger partial charge in [0.05, 0.1) is 0 Å². The highest BCUT2D eigenvalue weighted by atomic mass is 16.3. The SMILES string of the molecule is O=Cc1cc2ccc(C(=O)NC3CC4CNC3C4)cc2o1. The molecule has 2 aromatic rings. The number of benzene rings is 1. The van der Waals surface area contributed by atoms with E-state index in [1.54, 1.807) is 24.3 Å². The number of hydrogen-bond acceptors (Lipinski definition) is 4. The van der Waals surface area contributed by atoms with Crippen molar-refractivity contribution < 1.29 is 14.0 Å². The summed E-state index contributed by atoms with van der Waals surface area (Å²) in [5, 5.41) is 7.36. The minimum atomic E-state index is -0.0831. The van der Waals surface area contributed by atoms with Gasteiger partial charge in [-0.1, -0.05) is 6.07 Å². The van der Waals surface area contributed by atoms with E-state index in [-0.39, 0.29) is 17.7 Å². The number of hydrogen-bond donors (Lipinski definition) is 2. The first-order valence-electron chi connectivity index (χ1n) is 7.26. The highest BCUT2D eigenvalue weighted by molar-refractivity contribution is 5.98. The van der Waals surface area contributed by atoms with Crippen LogP contribution >= 0.6 is 0 Å². The molecule has 1 saturated carbocycles. The standard InChI is InChI=1S/C16H16N2O3/c19-8-12-5-10-1-2-11(6-15(10)21-12)16(20)18-14-4-9-3-13(14)17-7-9/h1-2,5-6,8-9,13-14,17H,3-4,7H2,(H,18,20). The highest BCUT2D eigenvalue weighted by Gasteiger charge is 2.40. The maximum absolute atomic E-state index is 12.3. The van der Waals surface area contributed by atoms with E-state index in [4.69, 9.17) is 4.42 Å². The number of piperidine rings is 1. The summed E-state index contributed by atoms with van der Waals surface area (Å²) in [4.78, 5) is 23.1. The third-order valence-corrected chi connectivity index (χ3v) is 4.56. The van der Waals surface area contributed by atoms with Gasteiger partial charge in [-0.05, 0) is 43.5 Å². The number of carbonyl (C=O) groups is 2. The molecule has 1 amide bonds. The minimum Gasteiger partial charge on any atom is -0.453 e. The summed E-state index contributed by atoms with van der Waals surface area (Å²) in [6.45, 7) is 1.07. The van der Waals surface area contributed by atoms with Gasteiger partial charge < -0.3 is 15.1 Å². The fourth-order valence-electron chi connectivity index (χ4n) is 3.52. The van der Waals surface area contributed by atoms with Crippen molar-refractivity contribution in [3.05, 3.63) is 35.6 Å². The molecule has 0 radical (unpaired) electrons. The highest BCUT2D eigenvalue weighted by Crippen LogP contribution is 2.31. The van der Waals surface area contributed by atoms with Gasteiger partial charge in [0.1, 0.15) is 5.58 Å². The molecule has 2 bridgehead atoms. The molecule has 5 nitrogen and oxygen atoms in total. The third-order valence-electron chi connectivity index (χ3n) is 4.56. The Kier molecular flexibility index (Phi) is 2.82. The molecule has 1 aliphatic carbocycles. The van der Waals surface area contributed by atoms with Crippen LogP contribution in [0.2, 0.25) is 0 Å². The normalized spacial score (nSPS) is 27.1. The molecule has 1 aromatic carbocycles. The Labute approximate surface area is 121 Å². The second-order valence-corrected chi connectivity index (χ2v) is 5.95. The summed E-state index contributed by atoms with van der Waals surface area (Å²) in [6.07, 6.45) is 2.88. The van der Waals surface area contributed by atoms with Crippen LogP contribution < -0.4 is 10.6 Å². The first kappa shape index (κ1) is 12.6. The predicted molar refractivity (Wildman–Crippen MR) is 77.4 cm³/mol. The lowest BCUT2D eigenvalue weighted by molar-refractivity contribution is 0.0928. The van der Waals surface area contributed by atoms with Gasteiger partial charge in [-0.3, -0.25) is 9.59 Å². The second kappa shape index (κ2) is 4.70. The molecule has 1 aliphatic heterocycles. The molecule has 1 aromatic heterocycles. The maximum Gasteiger partial charge on any atom is 0.251 e. The Balaban J connectivity index is 1.54. The third kappa shape index (κ3) is 2.14. The zero-order chi connectivity index (χ0) is 14.4. The van der Waals surface area contributed by atoms with E-state index < -0.39 is 0 Å². The smallest absolute Gasteiger partial charge is 0.251 e. The van der Waals surface area contributed by atoms with Crippen molar-refractivity contribution >= 4 is 23.2 Å². The number of nitrogens with one attached hydrogen (secondary N) is 2. The summed E-state index contributed by atoms with van der Waals surface area (Å²) in [6, 6.07) is 7.56. The van der Waals surface area contributed by atoms with Crippen molar-refractivity contribution in [1.82, 2.24) is 10.6 Å². The van der Waals surface area contributed by atoms with Crippen LogP contribution in [-0.2, 0) is 0 Å². The molecule has 108 valence electrons. The lowest BCUT2D eigenvalue weighted by atomic mass is 10.1. The monoisotopic (exact) mass is 284 g/mol. The van der Waals surface area contributed by atoms with Crippen LogP contribution in [0, 0.1) is 5.92 Å². The molecule has 2 aliphatic rings. The molecule has 2 N–H and O–H groups in total. The number of amides is 1. The molecular weight excluding hydrogens is 268 g/mol. The van der Waals surface area contributed by atoms with E-state index >= 15 is 0 Å². The van der Waals surface area contributed by atoms with Gasteiger partial charge in [0, 0.05) is 23.0 Å². The lowest BCUT2D eigenvalue weighted by Gasteiger charge is -2.23. The average molecular weight is 284 g/mol. The molecule has 5 heteroatoms. The number of furan rings is 1. The van der Waals surface area contributed by atoms with Crippen LogP contribution in [0.1, 0.15) is 33.8 Å². The zero-order valence-electron chi connectivity index (χ0n) is 11.5. The topological polar surface area (TPSA) is 71.3 Å². The Morgan fingerprint density at radius 3 is 2.95 bits per heavy atom. The largest absolute Gasteiger partial charge is 0.453 e. The summed E-state index contributed by atoms with van der Waals surface area (Å²) in [7, 11) is 0. The predicted octanol–water partition coefficient (Wildman–Crippen LogP) is 1.73. The van der Waals surface area contributed by atoms with E-state index in [0.717, 1.165) is 24.8 Å². The lowest BCUT2D eigenvalue weighted by Crippen LogP contribution is -2.47. The van der Waals surface area contributed by atoms with Gasteiger partial charge in [0.15, 0.2) is 12.0 Å². The van der Waals surface area contributed by atoms with Crippen LogP contribution in [0.5, 0.6) is 0 Å².